The molecule has 0 bridgehead atoms. The molecule has 154 valence electrons. The number of aryl methyl sites for hydroxylation is 1. The van der Waals surface area contributed by atoms with Crippen LogP contribution < -0.4 is 5.32 Å². The Bertz CT molecular complexity index is 1000. The molecule has 3 aromatic rings. The number of rotatable bonds is 6. The molecule has 8 nitrogen and oxygen atoms in total. The highest BCUT2D eigenvalue weighted by Gasteiger charge is 2.24. The molecule has 0 aliphatic carbocycles. The molecule has 1 amide bonds. The van der Waals surface area contributed by atoms with E-state index in [4.69, 9.17) is 0 Å². The molecule has 4 rings (SSSR count). The van der Waals surface area contributed by atoms with Crippen LogP contribution in [0.5, 0.6) is 0 Å². The molecule has 1 aliphatic heterocycles. The van der Waals surface area contributed by atoms with E-state index in [0.717, 1.165) is 42.1 Å². The lowest BCUT2D eigenvalue weighted by molar-refractivity contribution is -0.127. The molecule has 0 aromatic carbocycles. The van der Waals surface area contributed by atoms with Gasteiger partial charge in [-0.3, -0.25) is 14.8 Å². The van der Waals surface area contributed by atoms with Gasteiger partial charge in [-0.25, -0.2) is 4.98 Å². The third-order valence-corrected chi connectivity index (χ3v) is 5.91. The van der Waals surface area contributed by atoms with E-state index in [1.807, 2.05) is 24.0 Å². The van der Waals surface area contributed by atoms with Crippen molar-refractivity contribution in [2.24, 2.45) is 0 Å². The van der Waals surface area contributed by atoms with Crippen LogP contribution in [-0.4, -0.2) is 49.0 Å². The van der Waals surface area contributed by atoms with E-state index in [9.17, 15) is 4.79 Å². The summed E-state index contributed by atoms with van der Waals surface area (Å²) in [6.45, 7) is 3.45. The zero-order valence-corrected chi connectivity index (χ0v) is 17.5. The molecule has 3 aromatic heterocycles. The van der Waals surface area contributed by atoms with E-state index in [-0.39, 0.29) is 11.8 Å². The van der Waals surface area contributed by atoms with Crippen LogP contribution in [0.1, 0.15) is 41.9 Å². The topological polar surface area (TPSA) is 96.8 Å². The molecule has 30 heavy (non-hydrogen) atoms. The number of aromatic nitrogens is 5. The van der Waals surface area contributed by atoms with Crippen molar-refractivity contribution in [1.29, 1.82) is 0 Å². The van der Waals surface area contributed by atoms with Gasteiger partial charge < -0.3 is 10.2 Å². The quantitative estimate of drug-likeness (QED) is 0.609. The predicted octanol–water partition coefficient (Wildman–Crippen LogP) is 3.45. The molecule has 1 aliphatic rings. The Morgan fingerprint density at radius 2 is 2.23 bits per heavy atom. The molecule has 1 N–H and O–H groups in total. The van der Waals surface area contributed by atoms with Gasteiger partial charge in [0.05, 0.1) is 18.1 Å². The van der Waals surface area contributed by atoms with Gasteiger partial charge in [0, 0.05) is 37.5 Å². The van der Waals surface area contributed by atoms with Crippen molar-refractivity contribution in [1.82, 2.24) is 30.0 Å². The third-order valence-electron chi connectivity index (χ3n) is 4.93. The Labute approximate surface area is 179 Å². The third kappa shape index (κ3) is 5.04. The summed E-state index contributed by atoms with van der Waals surface area (Å²) in [5, 5.41) is 13.0. The monoisotopic (exact) mass is 421 g/mol. The Morgan fingerprint density at radius 3 is 2.97 bits per heavy atom. The molecule has 0 saturated carbocycles. The van der Waals surface area contributed by atoms with Gasteiger partial charge in [-0.1, -0.05) is 24.3 Å². The number of piperidine rings is 1. The molecule has 0 radical (unpaired) electrons. The minimum absolute atomic E-state index is 0.0118. The second-order valence-electron chi connectivity index (χ2n) is 7.05. The molecule has 1 fully saturated rings. The second kappa shape index (κ2) is 9.53. The molecule has 4 heterocycles. The van der Waals surface area contributed by atoms with Crippen LogP contribution in [0.15, 0.2) is 43.0 Å². The van der Waals surface area contributed by atoms with Crippen LogP contribution in [0.2, 0.25) is 0 Å². The van der Waals surface area contributed by atoms with Crippen molar-refractivity contribution < 1.29 is 4.79 Å². The largest absolute Gasteiger partial charge is 0.338 e. The van der Waals surface area contributed by atoms with Crippen molar-refractivity contribution in [2.75, 3.05) is 18.4 Å². The second-order valence-corrected chi connectivity index (χ2v) is 8.11. The highest BCUT2D eigenvalue weighted by atomic mass is 32.1. The molecule has 0 spiro atoms. The van der Waals surface area contributed by atoms with Crippen LogP contribution in [-0.2, 0) is 11.2 Å². The van der Waals surface area contributed by atoms with Gasteiger partial charge in [0.2, 0.25) is 11.0 Å². The van der Waals surface area contributed by atoms with Gasteiger partial charge >= 0.3 is 0 Å². The number of amides is 1. The molecular formula is C21H23N7OS. The highest BCUT2D eigenvalue weighted by molar-refractivity contribution is 7.15. The molecule has 1 unspecified atom stereocenters. The van der Waals surface area contributed by atoms with Gasteiger partial charge in [0.1, 0.15) is 5.01 Å². The fraction of sp³-hybridized carbons (Fsp3) is 0.333. The van der Waals surface area contributed by atoms with E-state index < -0.39 is 0 Å². The maximum absolute atomic E-state index is 12.6. The molecular weight excluding hydrogens is 398 g/mol. The Hall–Kier alpha value is -3.20. The molecule has 9 heteroatoms. The van der Waals surface area contributed by atoms with Crippen LogP contribution in [0.4, 0.5) is 10.9 Å². The van der Waals surface area contributed by atoms with Crippen molar-refractivity contribution in [2.45, 2.75) is 32.1 Å². The lowest BCUT2D eigenvalue weighted by Crippen LogP contribution is -2.38. The fourth-order valence-corrected chi connectivity index (χ4v) is 4.02. The van der Waals surface area contributed by atoms with E-state index in [0.29, 0.717) is 17.5 Å². The highest BCUT2D eigenvalue weighted by Crippen LogP contribution is 2.26. The van der Waals surface area contributed by atoms with Crippen molar-refractivity contribution in [3.05, 3.63) is 59.3 Å². The van der Waals surface area contributed by atoms with Gasteiger partial charge in [-0.05, 0) is 37.0 Å². The zero-order valence-electron chi connectivity index (χ0n) is 16.7. The Balaban J connectivity index is 1.36. The average Bonchev–Trinajstić information content (AvgIpc) is 3.26. The van der Waals surface area contributed by atoms with Crippen molar-refractivity contribution >= 4 is 34.3 Å². The first-order valence-corrected chi connectivity index (χ1v) is 10.8. The predicted molar refractivity (Wildman–Crippen MR) is 116 cm³/mol. The fourth-order valence-electron chi connectivity index (χ4n) is 3.34. The van der Waals surface area contributed by atoms with Crippen molar-refractivity contribution in [3.63, 3.8) is 0 Å². The van der Waals surface area contributed by atoms with Gasteiger partial charge in [-0.15, -0.1) is 10.2 Å². The summed E-state index contributed by atoms with van der Waals surface area (Å²) in [4.78, 5) is 27.6. The number of nitrogens with zero attached hydrogens (tertiary/aromatic N) is 6. The summed E-state index contributed by atoms with van der Waals surface area (Å²) in [6, 6.07) is 3.78. The smallest absolute Gasteiger partial charge is 0.246 e. The number of anilines is 2. The maximum Gasteiger partial charge on any atom is 0.246 e. The van der Waals surface area contributed by atoms with Crippen molar-refractivity contribution in [3.8, 4) is 0 Å². The standard InChI is InChI=1S/C21H23N7OS/c1-2-19-26-27-21(30-19)25-18-13-23-17(12-24-18)16-6-4-10-28(14-16)20(29)8-7-15-5-3-9-22-11-15/h3,5,7-9,11-13,16H,2,4,6,10,14H2,1H3,(H,24,25,27). The number of carbonyl (C=O) groups excluding carboxylic acids is 1. The Kier molecular flexibility index (Phi) is 6.38. The number of hydrogen-bond donors (Lipinski definition) is 1. The Morgan fingerprint density at radius 1 is 1.30 bits per heavy atom. The normalized spacial score (nSPS) is 16.7. The molecule has 1 atom stereocenters. The van der Waals surface area contributed by atoms with Crippen LogP contribution >= 0.6 is 11.3 Å². The summed E-state index contributed by atoms with van der Waals surface area (Å²) in [6.07, 6.45) is 13.2. The van der Waals surface area contributed by atoms with E-state index in [1.54, 1.807) is 36.9 Å². The summed E-state index contributed by atoms with van der Waals surface area (Å²) in [5.74, 6) is 0.836. The average molecular weight is 422 g/mol. The molecule has 1 saturated heterocycles. The summed E-state index contributed by atoms with van der Waals surface area (Å²) < 4.78 is 0. The lowest BCUT2D eigenvalue weighted by Gasteiger charge is -2.31. The van der Waals surface area contributed by atoms with Crippen LogP contribution in [0, 0.1) is 0 Å². The van der Waals surface area contributed by atoms with Crippen LogP contribution in [0.3, 0.4) is 0 Å². The first kappa shape index (κ1) is 20.1. The minimum atomic E-state index is 0.0118. The maximum atomic E-state index is 12.6. The summed E-state index contributed by atoms with van der Waals surface area (Å²) >= 11 is 1.51. The van der Waals surface area contributed by atoms with Gasteiger partial charge in [0.15, 0.2) is 5.82 Å². The van der Waals surface area contributed by atoms with Gasteiger partial charge in [-0.2, -0.15) is 0 Å². The number of nitrogens with one attached hydrogen (secondary N) is 1. The van der Waals surface area contributed by atoms with E-state index in [2.05, 4.69) is 30.5 Å². The van der Waals surface area contributed by atoms with Crippen LogP contribution in [0.25, 0.3) is 6.08 Å². The first-order valence-electron chi connectivity index (χ1n) is 9.99. The number of likely N-dealkylation sites (tertiary alicyclic amines) is 1. The first-order chi connectivity index (χ1) is 14.7. The van der Waals surface area contributed by atoms with E-state index >= 15 is 0 Å². The zero-order chi connectivity index (χ0) is 20.8. The summed E-state index contributed by atoms with van der Waals surface area (Å²) in [5.41, 5.74) is 1.82. The number of pyridine rings is 1. The van der Waals surface area contributed by atoms with E-state index in [1.165, 1.54) is 11.3 Å². The number of carbonyl (C=O) groups is 1. The minimum Gasteiger partial charge on any atom is -0.338 e. The van der Waals surface area contributed by atoms with Gasteiger partial charge in [0.25, 0.3) is 0 Å². The SMILES string of the molecule is CCc1nnc(Nc2cnc(C3CCCN(C(=O)C=Cc4cccnc4)C3)cn2)s1. The number of hydrogen-bond acceptors (Lipinski definition) is 8. The summed E-state index contributed by atoms with van der Waals surface area (Å²) in [7, 11) is 0. The lowest BCUT2D eigenvalue weighted by atomic mass is 9.95.